The quantitative estimate of drug-likeness (QED) is 0.891. The van der Waals surface area contributed by atoms with Crippen LogP contribution in [0.1, 0.15) is 22.5 Å². The van der Waals surface area contributed by atoms with Crippen molar-refractivity contribution in [2.75, 3.05) is 13.1 Å². The van der Waals surface area contributed by atoms with E-state index in [1.807, 2.05) is 0 Å². The lowest BCUT2D eigenvalue weighted by molar-refractivity contribution is -0.227. The van der Waals surface area contributed by atoms with Gasteiger partial charge in [0.25, 0.3) is 5.91 Å². The van der Waals surface area contributed by atoms with Crippen molar-refractivity contribution >= 4 is 11.9 Å². The third kappa shape index (κ3) is 2.26. The lowest BCUT2D eigenvalue weighted by Crippen LogP contribution is -2.47. The Hall–Kier alpha value is -2.06. The number of amides is 1. The van der Waals surface area contributed by atoms with Crippen LogP contribution in [0, 0.1) is 12.3 Å². The highest BCUT2D eigenvalue weighted by molar-refractivity contribution is 5.96. The topological polar surface area (TPSA) is 75.4 Å². The van der Waals surface area contributed by atoms with Gasteiger partial charge in [0.15, 0.2) is 5.41 Å². The molecule has 2 heterocycles. The van der Waals surface area contributed by atoms with E-state index in [0.29, 0.717) is 5.69 Å². The van der Waals surface area contributed by atoms with Gasteiger partial charge in [-0.25, -0.2) is 0 Å². The molecule has 1 N–H and O–H groups in total. The van der Waals surface area contributed by atoms with Gasteiger partial charge in [-0.3, -0.25) is 14.3 Å². The van der Waals surface area contributed by atoms with Crippen LogP contribution in [0.3, 0.4) is 0 Å². The summed E-state index contributed by atoms with van der Waals surface area (Å²) in [7, 11) is 1.60. The van der Waals surface area contributed by atoms with E-state index in [4.69, 9.17) is 5.11 Å². The van der Waals surface area contributed by atoms with Crippen LogP contribution < -0.4 is 0 Å². The molecule has 1 aromatic rings. The average molecular weight is 305 g/mol. The van der Waals surface area contributed by atoms with Gasteiger partial charge in [-0.15, -0.1) is 0 Å². The van der Waals surface area contributed by atoms with Gasteiger partial charge >= 0.3 is 12.1 Å². The Morgan fingerprint density at radius 1 is 1.43 bits per heavy atom. The molecule has 0 bridgehead atoms. The van der Waals surface area contributed by atoms with E-state index in [2.05, 4.69) is 5.10 Å². The van der Waals surface area contributed by atoms with Crippen molar-refractivity contribution < 1.29 is 27.9 Å². The molecule has 21 heavy (non-hydrogen) atoms. The summed E-state index contributed by atoms with van der Waals surface area (Å²) < 4.78 is 40.6. The zero-order chi connectivity index (χ0) is 16.0. The van der Waals surface area contributed by atoms with E-state index in [0.717, 1.165) is 4.90 Å². The minimum Gasteiger partial charge on any atom is -0.481 e. The van der Waals surface area contributed by atoms with Crippen molar-refractivity contribution in [2.24, 2.45) is 12.5 Å². The SMILES string of the molecule is Cc1c(C(=O)N2CCC(C(=O)O)(C(F)(F)F)C2)cnn1C. The lowest BCUT2D eigenvalue weighted by Gasteiger charge is -2.27. The van der Waals surface area contributed by atoms with Crippen LogP contribution in [-0.4, -0.2) is 50.9 Å². The number of carbonyl (C=O) groups excluding carboxylic acids is 1. The molecule has 1 aromatic heterocycles. The van der Waals surface area contributed by atoms with Crippen LogP contribution >= 0.6 is 0 Å². The summed E-state index contributed by atoms with van der Waals surface area (Å²) >= 11 is 0. The monoisotopic (exact) mass is 305 g/mol. The van der Waals surface area contributed by atoms with E-state index in [-0.39, 0.29) is 12.1 Å². The van der Waals surface area contributed by atoms with E-state index in [1.165, 1.54) is 10.9 Å². The number of aryl methyl sites for hydroxylation is 1. The summed E-state index contributed by atoms with van der Waals surface area (Å²) in [4.78, 5) is 24.2. The van der Waals surface area contributed by atoms with E-state index in [9.17, 15) is 22.8 Å². The molecule has 1 unspecified atom stereocenters. The average Bonchev–Trinajstić information content (AvgIpc) is 2.95. The van der Waals surface area contributed by atoms with E-state index < -0.39 is 36.4 Å². The Morgan fingerprint density at radius 3 is 2.43 bits per heavy atom. The molecule has 0 saturated carbocycles. The number of hydrogen-bond acceptors (Lipinski definition) is 3. The van der Waals surface area contributed by atoms with Gasteiger partial charge in [-0.2, -0.15) is 18.3 Å². The number of aliphatic carboxylic acids is 1. The Morgan fingerprint density at radius 2 is 2.05 bits per heavy atom. The molecular formula is C12H14F3N3O3. The largest absolute Gasteiger partial charge is 0.481 e. The van der Waals surface area contributed by atoms with Gasteiger partial charge in [-0.05, 0) is 13.3 Å². The number of likely N-dealkylation sites (tertiary alicyclic amines) is 1. The molecule has 2 rings (SSSR count). The summed E-state index contributed by atoms with van der Waals surface area (Å²) in [5.41, 5.74) is -2.20. The van der Waals surface area contributed by atoms with Crippen molar-refractivity contribution in [2.45, 2.75) is 19.5 Å². The zero-order valence-corrected chi connectivity index (χ0v) is 11.4. The lowest BCUT2D eigenvalue weighted by atomic mass is 9.86. The third-order valence-corrected chi connectivity index (χ3v) is 3.97. The second kappa shape index (κ2) is 4.74. The van der Waals surface area contributed by atoms with Gasteiger partial charge in [0.2, 0.25) is 0 Å². The molecule has 6 nitrogen and oxygen atoms in total. The van der Waals surface area contributed by atoms with Crippen molar-refractivity contribution in [3.05, 3.63) is 17.5 Å². The van der Waals surface area contributed by atoms with E-state index >= 15 is 0 Å². The molecule has 0 aromatic carbocycles. The maximum atomic E-state index is 13.1. The Balaban J connectivity index is 2.28. The third-order valence-electron chi connectivity index (χ3n) is 3.97. The molecule has 1 amide bonds. The first-order chi connectivity index (χ1) is 9.60. The number of hydrogen-bond donors (Lipinski definition) is 1. The number of carboxylic acid groups (broad SMARTS) is 1. The van der Waals surface area contributed by atoms with Crippen molar-refractivity contribution in [1.82, 2.24) is 14.7 Å². The number of carboxylic acids is 1. The van der Waals surface area contributed by atoms with Crippen LogP contribution in [-0.2, 0) is 11.8 Å². The maximum absolute atomic E-state index is 13.1. The highest BCUT2D eigenvalue weighted by Gasteiger charge is 2.64. The molecule has 1 fully saturated rings. The van der Waals surface area contributed by atoms with Crippen molar-refractivity contribution in [3.63, 3.8) is 0 Å². The zero-order valence-electron chi connectivity index (χ0n) is 11.4. The number of halogens is 3. The maximum Gasteiger partial charge on any atom is 0.406 e. The van der Waals surface area contributed by atoms with Crippen LogP contribution in [0.25, 0.3) is 0 Å². The molecule has 9 heteroatoms. The first-order valence-corrected chi connectivity index (χ1v) is 6.18. The summed E-state index contributed by atoms with van der Waals surface area (Å²) in [6.07, 6.45) is -4.28. The van der Waals surface area contributed by atoms with Crippen molar-refractivity contribution in [3.8, 4) is 0 Å². The predicted octanol–water partition coefficient (Wildman–Crippen LogP) is 1.21. The molecule has 0 spiro atoms. The number of carbonyl (C=O) groups is 2. The number of rotatable bonds is 2. The van der Waals surface area contributed by atoms with Gasteiger partial charge in [0, 0.05) is 25.8 Å². The predicted molar refractivity (Wildman–Crippen MR) is 64.6 cm³/mol. The summed E-state index contributed by atoms with van der Waals surface area (Å²) in [6.45, 7) is 0.489. The fraction of sp³-hybridized carbons (Fsp3) is 0.583. The molecular weight excluding hydrogens is 291 g/mol. The minimum absolute atomic E-state index is 0.181. The van der Waals surface area contributed by atoms with Gasteiger partial charge in [0.1, 0.15) is 0 Å². The first-order valence-electron chi connectivity index (χ1n) is 6.18. The first kappa shape index (κ1) is 15.3. The van der Waals surface area contributed by atoms with Crippen LogP contribution in [0.4, 0.5) is 13.2 Å². The summed E-state index contributed by atoms with van der Waals surface area (Å²) in [6, 6.07) is 0. The molecule has 0 aliphatic carbocycles. The molecule has 1 atom stereocenters. The van der Waals surface area contributed by atoms with Gasteiger partial charge in [0.05, 0.1) is 11.8 Å². The fourth-order valence-corrected chi connectivity index (χ4v) is 2.39. The summed E-state index contributed by atoms with van der Waals surface area (Å²) in [5, 5.41) is 12.8. The molecule has 116 valence electrons. The second-order valence-corrected chi connectivity index (χ2v) is 5.13. The fourth-order valence-electron chi connectivity index (χ4n) is 2.39. The second-order valence-electron chi connectivity index (χ2n) is 5.13. The Labute approximate surface area is 118 Å². The number of aromatic nitrogens is 2. The van der Waals surface area contributed by atoms with Crippen molar-refractivity contribution in [1.29, 1.82) is 0 Å². The summed E-state index contributed by atoms with van der Waals surface area (Å²) in [5.74, 6) is -2.58. The minimum atomic E-state index is -4.90. The van der Waals surface area contributed by atoms with E-state index in [1.54, 1.807) is 14.0 Å². The number of alkyl halides is 3. The van der Waals surface area contributed by atoms with Crippen LogP contribution in [0.15, 0.2) is 6.20 Å². The highest BCUT2D eigenvalue weighted by Crippen LogP contribution is 2.46. The highest BCUT2D eigenvalue weighted by atomic mass is 19.4. The number of nitrogens with zero attached hydrogens (tertiary/aromatic N) is 3. The smallest absolute Gasteiger partial charge is 0.406 e. The molecule has 1 aliphatic heterocycles. The molecule has 0 radical (unpaired) electrons. The van der Waals surface area contributed by atoms with Gasteiger partial charge < -0.3 is 10.0 Å². The van der Waals surface area contributed by atoms with Crippen LogP contribution in [0.5, 0.6) is 0 Å². The normalized spacial score (nSPS) is 22.6. The molecule has 1 saturated heterocycles. The van der Waals surface area contributed by atoms with Gasteiger partial charge in [-0.1, -0.05) is 0 Å². The Kier molecular flexibility index (Phi) is 3.46. The Bertz CT molecular complexity index is 596. The van der Waals surface area contributed by atoms with Crippen LogP contribution in [0.2, 0.25) is 0 Å². The standard InChI is InChI=1S/C12H14F3N3O3/c1-7-8(5-16-17(7)2)9(19)18-4-3-11(6-18,10(20)21)12(13,14)15/h5H,3-4,6H2,1-2H3,(H,20,21). The molecule has 1 aliphatic rings.